The number of likely N-dealkylation sites (tertiary alicyclic amines) is 1. The van der Waals surface area contributed by atoms with E-state index in [1.165, 1.54) is 0 Å². The second-order valence-corrected chi connectivity index (χ2v) is 7.11. The van der Waals surface area contributed by atoms with Crippen molar-refractivity contribution in [1.29, 1.82) is 0 Å². The summed E-state index contributed by atoms with van der Waals surface area (Å²) >= 11 is 0. The number of amides is 1. The summed E-state index contributed by atoms with van der Waals surface area (Å²) in [5, 5.41) is 1.08. The first-order chi connectivity index (χ1) is 13.7. The third-order valence-electron chi connectivity index (χ3n) is 5.43. The van der Waals surface area contributed by atoms with E-state index in [1.54, 1.807) is 14.2 Å². The number of ether oxygens (including phenoxy) is 2. The summed E-state index contributed by atoms with van der Waals surface area (Å²) in [7, 11) is 3.26. The molecule has 0 aliphatic carbocycles. The lowest BCUT2D eigenvalue weighted by Crippen LogP contribution is -2.30. The van der Waals surface area contributed by atoms with E-state index >= 15 is 0 Å². The van der Waals surface area contributed by atoms with E-state index in [0.29, 0.717) is 24.3 Å². The number of fused-ring (bicyclic) bond motifs is 1. The smallest absolute Gasteiger partial charge is 0.223 e. The number of methoxy groups -OCH3 is 2. The quantitative estimate of drug-likeness (QED) is 0.620. The number of nitrogens with zero attached hydrogens (tertiary/aromatic N) is 1. The van der Waals surface area contributed by atoms with Crippen LogP contribution in [-0.2, 0) is 11.2 Å². The maximum absolute atomic E-state index is 12.9. The molecule has 5 heteroatoms. The molecule has 0 spiro atoms. The number of furan rings is 1. The number of hydrogen-bond acceptors (Lipinski definition) is 4. The van der Waals surface area contributed by atoms with Crippen molar-refractivity contribution in [2.45, 2.75) is 31.7 Å². The molecule has 1 aliphatic heterocycles. The van der Waals surface area contributed by atoms with Crippen LogP contribution in [0.1, 0.15) is 36.6 Å². The summed E-state index contributed by atoms with van der Waals surface area (Å²) in [6.07, 6.45) is 3.04. The molecule has 1 atom stereocenters. The number of benzene rings is 2. The maximum Gasteiger partial charge on any atom is 0.223 e. The van der Waals surface area contributed by atoms with Crippen LogP contribution >= 0.6 is 0 Å². The summed E-state index contributed by atoms with van der Waals surface area (Å²) < 4.78 is 16.6. The van der Waals surface area contributed by atoms with Crippen LogP contribution in [0.3, 0.4) is 0 Å². The van der Waals surface area contributed by atoms with Crippen molar-refractivity contribution in [3.05, 3.63) is 59.9 Å². The molecule has 5 nitrogen and oxygen atoms in total. The maximum atomic E-state index is 12.9. The predicted molar refractivity (Wildman–Crippen MR) is 108 cm³/mol. The molecule has 2 heterocycles. The van der Waals surface area contributed by atoms with E-state index in [-0.39, 0.29) is 11.9 Å². The highest BCUT2D eigenvalue weighted by Crippen LogP contribution is 2.37. The van der Waals surface area contributed by atoms with Crippen LogP contribution < -0.4 is 9.47 Å². The molecule has 2 aromatic carbocycles. The topological polar surface area (TPSA) is 51.9 Å². The highest BCUT2D eigenvalue weighted by atomic mass is 16.5. The normalized spacial score (nSPS) is 16.5. The lowest BCUT2D eigenvalue weighted by molar-refractivity contribution is -0.132. The zero-order chi connectivity index (χ0) is 19.5. The Bertz CT molecular complexity index is 945. The minimum absolute atomic E-state index is 0.0861. The van der Waals surface area contributed by atoms with E-state index in [9.17, 15) is 4.79 Å². The summed E-state index contributed by atoms with van der Waals surface area (Å²) in [4.78, 5) is 14.9. The number of carbonyl (C=O) groups excluding carboxylic acids is 1. The number of hydrogen-bond donors (Lipinski definition) is 0. The zero-order valence-electron chi connectivity index (χ0n) is 16.3. The molecule has 0 radical (unpaired) electrons. The Kier molecular flexibility index (Phi) is 5.24. The Hall–Kier alpha value is -2.95. The number of para-hydroxylation sites is 1. The molecule has 0 unspecified atom stereocenters. The Balaban J connectivity index is 1.46. The van der Waals surface area contributed by atoms with Crippen molar-refractivity contribution in [2.75, 3.05) is 20.8 Å². The molecule has 3 aromatic rings. The Morgan fingerprint density at radius 2 is 1.93 bits per heavy atom. The molecule has 28 heavy (non-hydrogen) atoms. The number of carbonyl (C=O) groups is 1. The van der Waals surface area contributed by atoms with Gasteiger partial charge in [0.05, 0.1) is 20.3 Å². The highest BCUT2D eigenvalue weighted by molar-refractivity contribution is 5.79. The molecule has 1 fully saturated rings. The van der Waals surface area contributed by atoms with E-state index < -0.39 is 0 Å². The fourth-order valence-corrected chi connectivity index (χ4v) is 4.01. The Labute approximate surface area is 164 Å². The lowest BCUT2D eigenvalue weighted by Gasteiger charge is -2.25. The van der Waals surface area contributed by atoms with Gasteiger partial charge >= 0.3 is 0 Å². The molecule has 0 bridgehead atoms. The summed E-state index contributed by atoms with van der Waals surface area (Å²) in [6.45, 7) is 0.790. The fraction of sp³-hybridized carbons (Fsp3) is 0.348. The van der Waals surface area contributed by atoms with Gasteiger partial charge in [0.2, 0.25) is 5.91 Å². The Morgan fingerprint density at radius 1 is 1.11 bits per heavy atom. The standard InChI is InChI=1S/C23H25NO4/c1-26-21-11-9-16(15-22(21)27-2)19-7-5-13-24(19)23(25)12-10-18-14-17-6-3-4-8-20(17)28-18/h3-4,6,8-9,11,14-15,19H,5,7,10,12-13H2,1-2H3/t19-/m1/s1. The SMILES string of the molecule is COc1ccc([C@H]2CCCN2C(=O)CCc2cc3ccccc3o2)cc1OC. The van der Waals surface area contributed by atoms with Gasteiger partial charge < -0.3 is 18.8 Å². The first-order valence-electron chi connectivity index (χ1n) is 9.68. The van der Waals surface area contributed by atoms with E-state index in [4.69, 9.17) is 13.9 Å². The van der Waals surface area contributed by atoms with E-state index in [1.807, 2.05) is 53.4 Å². The van der Waals surface area contributed by atoms with Gasteiger partial charge in [-0.15, -0.1) is 0 Å². The molecular formula is C23H25NO4. The van der Waals surface area contributed by atoms with Crippen molar-refractivity contribution < 1.29 is 18.7 Å². The van der Waals surface area contributed by atoms with Crippen molar-refractivity contribution in [2.24, 2.45) is 0 Å². The van der Waals surface area contributed by atoms with Crippen molar-refractivity contribution in [3.8, 4) is 11.5 Å². The molecule has 1 aliphatic rings. The predicted octanol–water partition coefficient (Wildman–Crippen LogP) is 4.75. The van der Waals surface area contributed by atoms with Crippen LogP contribution in [0, 0.1) is 0 Å². The van der Waals surface area contributed by atoms with Crippen LogP contribution in [0.5, 0.6) is 11.5 Å². The summed E-state index contributed by atoms with van der Waals surface area (Å²) in [5.74, 6) is 2.42. The number of rotatable bonds is 6. The first-order valence-corrected chi connectivity index (χ1v) is 9.68. The van der Waals surface area contributed by atoms with Crippen molar-refractivity contribution in [3.63, 3.8) is 0 Å². The van der Waals surface area contributed by atoms with Gasteiger partial charge in [0.15, 0.2) is 11.5 Å². The van der Waals surface area contributed by atoms with Gasteiger partial charge in [0.1, 0.15) is 11.3 Å². The van der Waals surface area contributed by atoms with Gasteiger partial charge in [0.25, 0.3) is 0 Å². The molecule has 0 saturated carbocycles. The van der Waals surface area contributed by atoms with E-state index in [0.717, 1.165) is 41.7 Å². The molecule has 1 aromatic heterocycles. The zero-order valence-corrected chi connectivity index (χ0v) is 16.3. The third kappa shape index (κ3) is 3.57. The third-order valence-corrected chi connectivity index (χ3v) is 5.43. The number of aryl methyl sites for hydroxylation is 1. The minimum atomic E-state index is 0.0861. The van der Waals surface area contributed by atoms with Gasteiger partial charge in [-0.05, 0) is 42.7 Å². The van der Waals surface area contributed by atoms with Gasteiger partial charge in [-0.3, -0.25) is 4.79 Å². The van der Waals surface area contributed by atoms with Crippen LogP contribution in [-0.4, -0.2) is 31.6 Å². The first kappa shape index (κ1) is 18.4. The lowest BCUT2D eigenvalue weighted by atomic mass is 10.0. The van der Waals surface area contributed by atoms with Crippen molar-refractivity contribution in [1.82, 2.24) is 4.90 Å². The van der Waals surface area contributed by atoms with Crippen LogP contribution in [0.2, 0.25) is 0 Å². The summed E-state index contributed by atoms with van der Waals surface area (Å²) in [5.41, 5.74) is 1.96. The Morgan fingerprint density at radius 3 is 2.71 bits per heavy atom. The van der Waals surface area contributed by atoms with Crippen LogP contribution in [0.4, 0.5) is 0 Å². The second-order valence-electron chi connectivity index (χ2n) is 7.11. The van der Waals surface area contributed by atoms with Gasteiger partial charge in [-0.1, -0.05) is 24.3 Å². The van der Waals surface area contributed by atoms with Crippen LogP contribution in [0.15, 0.2) is 52.9 Å². The van der Waals surface area contributed by atoms with Crippen LogP contribution in [0.25, 0.3) is 11.0 Å². The molecule has 0 N–H and O–H groups in total. The minimum Gasteiger partial charge on any atom is -0.493 e. The van der Waals surface area contributed by atoms with Crippen molar-refractivity contribution >= 4 is 16.9 Å². The van der Waals surface area contributed by atoms with Gasteiger partial charge in [0, 0.05) is 24.8 Å². The molecule has 146 valence electrons. The fourth-order valence-electron chi connectivity index (χ4n) is 4.01. The largest absolute Gasteiger partial charge is 0.493 e. The monoisotopic (exact) mass is 379 g/mol. The molecular weight excluding hydrogens is 354 g/mol. The van der Waals surface area contributed by atoms with E-state index in [2.05, 4.69) is 0 Å². The average Bonchev–Trinajstić information content (AvgIpc) is 3.38. The summed E-state index contributed by atoms with van der Waals surface area (Å²) in [6, 6.07) is 15.9. The molecule has 1 amide bonds. The molecule has 4 rings (SSSR count). The highest BCUT2D eigenvalue weighted by Gasteiger charge is 2.30. The second kappa shape index (κ2) is 7.97. The average molecular weight is 379 g/mol. The molecule has 1 saturated heterocycles. The van der Waals surface area contributed by atoms with Gasteiger partial charge in [-0.2, -0.15) is 0 Å². The van der Waals surface area contributed by atoms with Gasteiger partial charge in [-0.25, -0.2) is 0 Å².